The predicted octanol–water partition coefficient (Wildman–Crippen LogP) is 4.96. The van der Waals surface area contributed by atoms with Crippen molar-refractivity contribution in [2.45, 2.75) is 63.8 Å². The molecule has 3 aliphatic heterocycles. The molecular weight excluding hydrogens is 745 g/mol. The molecule has 2 atom stereocenters. The number of phenols is 1. The van der Waals surface area contributed by atoms with Gasteiger partial charge in [0.05, 0.1) is 24.2 Å². The van der Waals surface area contributed by atoms with Crippen molar-refractivity contribution in [3.05, 3.63) is 114 Å². The van der Waals surface area contributed by atoms with Crippen molar-refractivity contribution in [2.24, 2.45) is 13.0 Å². The summed E-state index contributed by atoms with van der Waals surface area (Å²) >= 11 is 0. The van der Waals surface area contributed by atoms with Gasteiger partial charge < -0.3 is 29.7 Å². The number of hydrogen-bond donors (Lipinski definition) is 2. The Kier molecular flexibility index (Phi) is 12.0. The highest BCUT2D eigenvalue weighted by molar-refractivity contribution is 6.07. The molecule has 0 unspecified atom stereocenters. The topological polar surface area (TPSA) is 125 Å². The molecule has 1 saturated carbocycles. The monoisotopic (exact) mass is 800 g/mol. The summed E-state index contributed by atoms with van der Waals surface area (Å²) in [4.78, 5) is 65.0. The number of nitrogens with one attached hydrogen (secondary N) is 1. The summed E-state index contributed by atoms with van der Waals surface area (Å²) in [6, 6.07) is 20.8. The van der Waals surface area contributed by atoms with Gasteiger partial charge in [0, 0.05) is 77.4 Å². The van der Waals surface area contributed by atoms with E-state index in [0.717, 1.165) is 53.1 Å². The number of para-hydroxylation sites is 1. The van der Waals surface area contributed by atoms with Gasteiger partial charge in [0.2, 0.25) is 11.8 Å². The third kappa shape index (κ3) is 8.58. The molecule has 4 heterocycles. The Morgan fingerprint density at radius 2 is 1.64 bits per heavy atom. The highest BCUT2D eigenvalue weighted by Crippen LogP contribution is 2.32. The summed E-state index contributed by atoms with van der Waals surface area (Å²) in [5.41, 5.74) is 4.06. The number of phenolic OH excluding ortho intramolecular Hbond substituents is 1. The van der Waals surface area contributed by atoms with Crippen LogP contribution < -0.4 is 5.32 Å². The summed E-state index contributed by atoms with van der Waals surface area (Å²) in [7, 11) is 1.93. The number of aromatic hydroxyl groups is 1. The van der Waals surface area contributed by atoms with Crippen molar-refractivity contribution in [1.82, 2.24) is 39.5 Å². The number of fused-ring (bicyclic) bond motifs is 2. The number of amides is 5. The number of nitrogens with zero attached hydrogens (tertiary/aromatic N) is 7. The Morgan fingerprint density at radius 1 is 0.898 bits per heavy atom. The number of piperazine rings is 2. The minimum Gasteiger partial charge on any atom is -0.508 e. The van der Waals surface area contributed by atoms with Gasteiger partial charge in [0.25, 0.3) is 5.91 Å². The van der Waals surface area contributed by atoms with Gasteiger partial charge in [-0.15, -0.1) is 6.58 Å². The number of aryl methyl sites for hydroxylation is 1. The number of carbonyl (C=O) groups excluding carboxylic acids is 4. The molecule has 13 nitrogen and oxygen atoms in total. The van der Waals surface area contributed by atoms with Crippen molar-refractivity contribution < 1.29 is 24.3 Å². The first-order chi connectivity index (χ1) is 28.7. The molecule has 1 aliphatic carbocycles. The van der Waals surface area contributed by atoms with Crippen LogP contribution in [-0.2, 0) is 36.1 Å². The highest BCUT2D eigenvalue weighted by atomic mass is 16.3. The van der Waals surface area contributed by atoms with Crippen LogP contribution >= 0.6 is 0 Å². The number of rotatable bonds is 11. The zero-order valence-corrected chi connectivity index (χ0v) is 34.0. The molecule has 2 N–H and O–H groups in total. The Bertz CT molecular complexity index is 2160. The molecular formula is C46H56N8O5. The molecule has 4 aliphatic rings. The zero-order chi connectivity index (χ0) is 41.0. The van der Waals surface area contributed by atoms with E-state index in [9.17, 15) is 24.3 Å². The molecule has 8 rings (SSSR count). The van der Waals surface area contributed by atoms with Crippen LogP contribution in [0.25, 0.3) is 10.9 Å². The summed E-state index contributed by atoms with van der Waals surface area (Å²) in [6.07, 6.45) is 9.58. The summed E-state index contributed by atoms with van der Waals surface area (Å²) in [5, 5.41) is 17.1. The second kappa shape index (κ2) is 17.7. The summed E-state index contributed by atoms with van der Waals surface area (Å²) in [5.74, 6) is 0.388. The van der Waals surface area contributed by atoms with Gasteiger partial charge in [-0.1, -0.05) is 86.0 Å². The smallest absolute Gasteiger partial charge is 0.334 e. The maximum atomic E-state index is 14.8. The maximum Gasteiger partial charge on any atom is 0.334 e. The molecule has 0 bridgehead atoms. The van der Waals surface area contributed by atoms with E-state index in [2.05, 4.69) is 16.8 Å². The van der Waals surface area contributed by atoms with E-state index in [1.54, 1.807) is 50.2 Å². The van der Waals surface area contributed by atoms with Crippen molar-refractivity contribution in [3.63, 3.8) is 0 Å². The van der Waals surface area contributed by atoms with Crippen LogP contribution in [0.4, 0.5) is 4.79 Å². The van der Waals surface area contributed by atoms with Gasteiger partial charge >= 0.3 is 6.03 Å². The Hall–Kier alpha value is -5.66. The Balaban J connectivity index is 1.07. The lowest BCUT2D eigenvalue weighted by Gasteiger charge is -2.55. The third-order valence-corrected chi connectivity index (χ3v) is 12.6. The lowest BCUT2D eigenvalue weighted by atomic mass is 9.89. The Morgan fingerprint density at radius 3 is 2.37 bits per heavy atom. The molecule has 5 amide bonds. The highest BCUT2D eigenvalue weighted by Gasteiger charge is 2.51. The SMILES string of the molecule is C=CCN1CC(=O)N2[C@@H](Cc3ccc(O)cc3)C(=O)N(Cc3cccc4c(C(=O)N5CCN(CC6CCCCC6)CC5)cn(C)c34)C[C@@H]2N1C(=O)NCc1ccccc1. The number of hydrogen-bond acceptors (Lipinski definition) is 7. The zero-order valence-electron chi connectivity index (χ0n) is 34.0. The average Bonchev–Trinajstić information content (AvgIpc) is 3.59. The van der Waals surface area contributed by atoms with Crippen LogP contribution in [0, 0.1) is 5.92 Å². The third-order valence-electron chi connectivity index (χ3n) is 12.6. The quantitative estimate of drug-likeness (QED) is 0.206. The fraction of sp³-hybridized carbons (Fsp3) is 0.435. The van der Waals surface area contributed by atoms with Gasteiger partial charge in [-0.05, 0) is 47.6 Å². The van der Waals surface area contributed by atoms with Gasteiger partial charge in [-0.25, -0.2) is 14.8 Å². The molecule has 4 aromatic rings. The van der Waals surface area contributed by atoms with E-state index >= 15 is 0 Å². The van der Waals surface area contributed by atoms with Crippen molar-refractivity contribution in [1.29, 1.82) is 0 Å². The second-order valence-corrected chi connectivity index (χ2v) is 16.6. The summed E-state index contributed by atoms with van der Waals surface area (Å²) < 4.78 is 1.98. The van der Waals surface area contributed by atoms with Crippen LogP contribution in [0.1, 0.15) is 59.2 Å². The van der Waals surface area contributed by atoms with Crippen LogP contribution in [0.5, 0.6) is 5.75 Å². The molecule has 0 spiro atoms. The summed E-state index contributed by atoms with van der Waals surface area (Å²) in [6.45, 7) is 8.88. The van der Waals surface area contributed by atoms with Crippen molar-refractivity contribution >= 4 is 34.7 Å². The first kappa shape index (κ1) is 40.1. The largest absolute Gasteiger partial charge is 0.508 e. The number of benzene rings is 3. The number of carbonyl (C=O) groups is 4. The van der Waals surface area contributed by atoms with Gasteiger partial charge in [0.15, 0.2) is 0 Å². The fourth-order valence-electron chi connectivity index (χ4n) is 9.65. The van der Waals surface area contributed by atoms with E-state index in [-0.39, 0.29) is 62.6 Å². The van der Waals surface area contributed by atoms with Crippen LogP contribution in [0.15, 0.2) is 91.6 Å². The van der Waals surface area contributed by atoms with Gasteiger partial charge in [-0.2, -0.15) is 0 Å². The number of aromatic nitrogens is 1. The first-order valence-electron chi connectivity index (χ1n) is 21.1. The Labute approximate surface area is 346 Å². The fourth-order valence-corrected chi connectivity index (χ4v) is 9.65. The lowest BCUT2D eigenvalue weighted by Crippen LogP contribution is -2.76. The minimum atomic E-state index is -0.914. The van der Waals surface area contributed by atoms with Crippen molar-refractivity contribution in [2.75, 3.05) is 52.4 Å². The molecule has 1 aromatic heterocycles. The van der Waals surface area contributed by atoms with Crippen LogP contribution in [0.3, 0.4) is 0 Å². The molecule has 3 saturated heterocycles. The molecule has 59 heavy (non-hydrogen) atoms. The lowest BCUT2D eigenvalue weighted by molar-refractivity contribution is -0.189. The second-order valence-electron chi connectivity index (χ2n) is 16.6. The molecule has 0 radical (unpaired) electrons. The van der Waals surface area contributed by atoms with E-state index in [4.69, 9.17) is 0 Å². The van der Waals surface area contributed by atoms with Crippen LogP contribution in [-0.4, -0.2) is 128 Å². The van der Waals surface area contributed by atoms with E-state index in [0.29, 0.717) is 18.7 Å². The van der Waals surface area contributed by atoms with Crippen molar-refractivity contribution in [3.8, 4) is 5.75 Å². The first-order valence-corrected chi connectivity index (χ1v) is 21.1. The average molecular weight is 801 g/mol. The van der Waals surface area contributed by atoms with Gasteiger partial charge in [0.1, 0.15) is 18.0 Å². The minimum absolute atomic E-state index is 0.0175. The molecule has 4 fully saturated rings. The van der Waals surface area contributed by atoms with E-state index in [1.807, 2.05) is 71.2 Å². The normalized spacial score (nSPS) is 20.9. The predicted molar refractivity (Wildman–Crippen MR) is 226 cm³/mol. The molecule has 3 aromatic carbocycles. The number of hydrazine groups is 1. The van der Waals surface area contributed by atoms with Gasteiger partial charge in [-0.3, -0.25) is 19.3 Å². The molecule has 310 valence electrons. The standard InChI is InChI=1S/C46H56N8O5/c1-3-21-52-32-42(56)53-40(26-33-17-19-37(55)20-18-33)45(58)51(31-41(53)54(52)46(59)47-27-34-11-6-4-7-12-34)29-36-15-10-16-38-39(30-48(2)43(36)38)44(57)50-24-22-49(23-25-50)28-35-13-8-5-9-14-35/h3-4,6-7,10-12,15-20,30,35,40-41,55H,1,5,8-9,13-14,21-29,31-32H2,2H3,(H,47,59)/t40-,41-/m0/s1. The maximum absolute atomic E-state index is 14.8. The van der Waals surface area contributed by atoms with Crippen LogP contribution in [0.2, 0.25) is 0 Å². The molecule has 13 heteroatoms. The van der Waals surface area contributed by atoms with E-state index < -0.39 is 18.2 Å². The van der Waals surface area contributed by atoms with E-state index in [1.165, 1.54) is 32.1 Å². The number of urea groups is 1.